The van der Waals surface area contributed by atoms with Crippen LogP contribution >= 0.6 is 11.6 Å². The molecule has 1 N–H and O–H groups in total. The molecule has 1 amide bonds. The summed E-state index contributed by atoms with van der Waals surface area (Å²) in [6.07, 6.45) is -1.40. The van der Waals surface area contributed by atoms with E-state index in [1.165, 1.54) is 6.07 Å². The van der Waals surface area contributed by atoms with Crippen LogP contribution in [0.4, 0.5) is 18.9 Å². The maximum atomic E-state index is 13.0. The molecule has 1 aromatic carbocycles. The lowest BCUT2D eigenvalue weighted by Gasteiger charge is -2.21. The molecule has 1 unspecified atom stereocenters. The van der Waals surface area contributed by atoms with Gasteiger partial charge in [-0.25, -0.2) is 0 Å². The van der Waals surface area contributed by atoms with Gasteiger partial charge in [0.2, 0.25) is 17.6 Å². The van der Waals surface area contributed by atoms with Crippen molar-refractivity contribution >= 4 is 23.2 Å². The van der Waals surface area contributed by atoms with Crippen LogP contribution in [-0.2, 0) is 11.0 Å². The minimum Gasteiger partial charge on any atom is -0.337 e. The number of aromatic nitrogens is 3. The summed E-state index contributed by atoms with van der Waals surface area (Å²) in [7, 11) is 1.65. The van der Waals surface area contributed by atoms with E-state index in [-0.39, 0.29) is 18.1 Å². The van der Waals surface area contributed by atoms with E-state index in [2.05, 4.69) is 20.4 Å². The first-order valence-electron chi connectivity index (χ1n) is 8.76. The summed E-state index contributed by atoms with van der Waals surface area (Å²) in [6, 6.07) is 6.30. The van der Waals surface area contributed by atoms with E-state index in [0.29, 0.717) is 11.4 Å². The highest BCUT2D eigenvalue weighted by Gasteiger charge is 2.33. The highest BCUT2D eigenvalue weighted by Crippen LogP contribution is 2.36. The molecule has 7 nitrogen and oxygen atoms in total. The highest BCUT2D eigenvalue weighted by molar-refractivity contribution is 6.31. The Hall–Kier alpha value is -2.98. The molecule has 0 saturated carbocycles. The molecule has 1 atom stereocenters. The van der Waals surface area contributed by atoms with E-state index in [4.69, 9.17) is 16.1 Å². The summed E-state index contributed by atoms with van der Waals surface area (Å²) in [5.74, 6) is 0.144. The molecule has 3 rings (SSSR count). The van der Waals surface area contributed by atoms with Crippen LogP contribution in [0.25, 0.3) is 11.4 Å². The number of nitrogens with one attached hydrogen (secondary N) is 1. The molecule has 30 heavy (non-hydrogen) atoms. The van der Waals surface area contributed by atoms with E-state index >= 15 is 0 Å². The molecule has 2 heterocycles. The van der Waals surface area contributed by atoms with Crippen LogP contribution < -0.4 is 5.32 Å². The Kier molecular flexibility index (Phi) is 6.37. The van der Waals surface area contributed by atoms with Crippen molar-refractivity contribution in [2.24, 2.45) is 0 Å². The van der Waals surface area contributed by atoms with Crippen molar-refractivity contribution in [2.45, 2.75) is 19.1 Å². The summed E-state index contributed by atoms with van der Waals surface area (Å²) in [5, 5.41) is 5.90. The Bertz CT molecular complexity index is 1030. The van der Waals surface area contributed by atoms with E-state index in [1.807, 2.05) is 0 Å². The summed E-state index contributed by atoms with van der Waals surface area (Å²) >= 11 is 5.59. The van der Waals surface area contributed by atoms with E-state index in [1.54, 1.807) is 43.4 Å². The molecule has 0 aliphatic heterocycles. The van der Waals surface area contributed by atoms with Crippen molar-refractivity contribution in [2.75, 3.05) is 18.9 Å². The second kappa shape index (κ2) is 8.80. The van der Waals surface area contributed by atoms with Crippen LogP contribution in [0.5, 0.6) is 0 Å². The molecule has 11 heteroatoms. The number of carbonyl (C=O) groups excluding carboxylic acids is 1. The van der Waals surface area contributed by atoms with E-state index in [0.717, 1.165) is 12.1 Å². The van der Waals surface area contributed by atoms with E-state index < -0.39 is 28.7 Å². The summed E-state index contributed by atoms with van der Waals surface area (Å²) in [6.45, 7) is 1.65. The third-order valence-corrected chi connectivity index (χ3v) is 4.66. The average Bonchev–Trinajstić information content (AvgIpc) is 3.18. The maximum absolute atomic E-state index is 13.0. The van der Waals surface area contributed by atoms with Crippen molar-refractivity contribution in [3.05, 3.63) is 59.2 Å². The molecular weight excluding hydrogens is 423 g/mol. The van der Waals surface area contributed by atoms with Crippen molar-refractivity contribution in [1.29, 1.82) is 0 Å². The number of anilines is 1. The van der Waals surface area contributed by atoms with Crippen LogP contribution in [0.1, 0.15) is 24.4 Å². The monoisotopic (exact) mass is 439 g/mol. The first-order chi connectivity index (χ1) is 14.1. The minimum absolute atomic E-state index is 0.00516. The third-order valence-electron chi connectivity index (χ3n) is 4.33. The number of likely N-dealkylation sites (N-methyl/N-ethyl adjacent to an activating group) is 1. The van der Waals surface area contributed by atoms with Crippen LogP contribution in [0, 0.1) is 0 Å². The lowest BCUT2D eigenvalue weighted by Crippen LogP contribution is -2.32. The Morgan fingerprint density at radius 1 is 1.33 bits per heavy atom. The minimum atomic E-state index is -4.62. The van der Waals surface area contributed by atoms with Crippen molar-refractivity contribution < 1.29 is 22.5 Å². The second-order valence-electron chi connectivity index (χ2n) is 6.53. The SMILES string of the molecule is CC(c1nc(-c2cccnc2)no1)N(C)CC(=O)Nc1ccc(Cl)c(C(F)(F)F)c1. The normalized spacial score (nSPS) is 12.8. The maximum Gasteiger partial charge on any atom is 0.417 e. The number of carbonyl (C=O) groups is 1. The molecule has 0 aliphatic rings. The molecule has 2 aromatic heterocycles. The summed E-state index contributed by atoms with van der Waals surface area (Å²) in [5.41, 5.74) is -0.338. The number of pyridine rings is 1. The number of halogens is 4. The van der Waals surface area contributed by atoms with Gasteiger partial charge in [-0.2, -0.15) is 18.2 Å². The molecule has 0 aliphatic carbocycles. The number of rotatable bonds is 6. The topological polar surface area (TPSA) is 84.2 Å². The van der Waals surface area contributed by atoms with Gasteiger partial charge in [0.15, 0.2) is 0 Å². The van der Waals surface area contributed by atoms with Gasteiger partial charge in [-0.1, -0.05) is 16.8 Å². The van der Waals surface area contributed by atoms with Crippen molar-refractivity contribution in [3.8, 4) is 11.4 Å². The van der Waals surface area contributed by atoms with Crippen molar-refractivity contribution in [3.63, 3.8) is 0 Å². The molecule has 0 bridgehead atoms. The molecule has 0 spiro atoms. The summed E-state index contributed by atoms with van der Waals surface area (Å²) in [4.78, 5) is 22.2. The van der Waals surface area contributed by atoms with Crippen LogP contribution in [0.3, 0.4) is 0 Å². The molecule has 3 aromatic rings. The number of amides is 1. The molecule has 0 saturated heterocycles. The van der Waals surface area contributed by atoms with Gasteiger partial charge in [0.1, 0.15) is 0 Å². The number of alkyl halides is 3. The number of hydrogen-bond donors (Lipinski definition) is 1. The molecule has 158 valence electrons. The van der Waals surface area contributed by atoms with Gasteiger partial charge in [-0.05, 0) is 44.3 Å². The largest absolute Gasteiger partial charge is 0.417 e. The smallest absolute Gasteiger partial charge is 0.337 e. The van der Waals surface area contributed by atoms with Gasteiger partial charge < -0.3 is 9.84 Å². The Labute approximate surface area is 174 Å². The number of benzene rings is 1. The lowest BCUT2D eigenvalue weighted by atomic mass is 10.2. The Morgan fingerprint density at radius 3 is 2.77 bits per heavy atom. The van der Waals surface area contributed by atoms with Crippen LogP contribution in [-0.4, -0.2) is 39.5 Å². The predicted molar refractivity (Wildman–Crippen MR) is 104 cm³/mol. The Balaban J connectivity index is 1.64. The van der Waals surface area contributed by atoms with Gasteiger partial charge in [-0.3, -0.25) is 14.7 Å². The van der Waals surface area contributed by atoms with E-state index in [9.17, 15) is 18.0 Å². The number of nitrogens with zero attached hydrogens (tertiary/aromatic N) is 4. The van der Waals surface area contributed by atoms with Gasteiger partial charge in [0.05, 0.1) is 23.2 Å². The second-order valence-corrected chi connectivity index (χ2v) is 6.94. The first kappa shape index (κ1) is 21.7. The zero-order chi connectivity index (χ0) is 21.9. The fraction of sp³-hybridized carbons (Fsp3) is 0.263. The van der Waals surface area contributed by atoms with Crippen molar-refractivity contribution in [1.82, 2.24) is 20.0 Å². The Morgan fingerprint density at radius 2 is 2.10 bits per heavy atom. The lowest BCUT2D eigenvalue weighted by molar-refractivity contribution is -0.137. The predicted octanol–water partition coefficient (Wildman–Crippen LogP) is 4.44. The zero-order valence-corrected chi connectivity index (χ0v) is 16.7. The van der Waals surface area contributed by atoms with Gasteiger partial charge in [0.25, 0.3) is 0 Å². The summed E-state index contributed by atoms with van der Waals surface area (Å²) < 4.78 is 44.2. The first-order valence-corrected chi connectivity index (χ1v) is 9.14. The van der Waals surface area contributed by atoms with Crippen LogP contribution in [0.2, 0.25) is 5.02 Å². The van der Waals surface area contributed by atoms with Crippen LogP contribution in [0.15, 0.2) is 47.2 Å². The number of hydrogen-bond acceptors (Lipinski definition) is 6. The zero-order valence-electron chi connectivity index (χ0n) is 15.9. The highest BCUT2D eigenvalue weighted by atomic mass is 35.5. The van der Waals surface area contributed by atoms with Gasteiger partial charge in [-0.15, -0.1) is 0 Å². The molecule has 0 fully saturated rings. The van der Waals surface area contributed by atoms with Gasteiger partial charge in [0, 0.05) is 23.6 Å². The quantitative estimate of drug-likeness (QED) is 0.611. The molecular formula is C19H17ClF3N5O2. The standard InChI is InChI=1S/C19H17ClF3N5O2/c1-11(18-26-17(27-30-18)12-4-3-7-24-9-12)28(2)10-16(29)25-13-5-6-15(20)14(8-13)19(21,22)23/h3-9,11H,10H2,1-2H3,(H,25,29). The fourth-order valence-electron chi connectivity index (χ4n) is 2.59. The average molecular weight is 440 g/mol. The van der Waals surface area contributed by atoms with Gasteiger partial charge >= 0.3 is 6.18 Å². The molecule has 0 radical (unpaired) electrons. The fourth-order valence-corrected chi connectivity index (χ4v) is 2.81. The third kappa shape index (κ3) is 5.14.